The average Bonchev–Trinajstić information content (AvgIpc) is 2.14. The van der Waals surface area contributed by atoms with E-state index >= 15 is 0 Å². The maximum Gasteiger partial charge on any atom is 0.305 e. The van der Waals surface area contributed by atoms with Crippen molar-refractivity contribution in [2.75, 3.05) is 6.61 Å². The Balaban J connectivity index is -0.000000129. The third-order valence-electron chi connectivity index (χ3n) is 1.54. The molecule has 0 heterocycles. The second-order valence-corrected chi connectivity index (χ2v) is 3.32. The molecule has 0 unspecified atom stereocenters. The van der Waals surface area contributed by atoms with Crippen LogP contribution in [0.15, 0.2) is 0 Å². The maximum absolute atomic E-state index is 10.8. The quantitative estimate of drug-likeness (QED) is 0.466. The molecule has 102 valence electrons. The molecule has 0 N–H and O–H groups in total. The minimum Gasteiger partial charge on any atom is -0.466 e. The first-order valence-corrected chi connectivity index (χ1v) is 5.88. The van der Waals surface area contributed by atoms with Crippen molar-refractivity contribution in [2.45, 2.75) is 81.1 Å². The lowest BCUT2D eigenvalue weighted by molar-refractivity contribution is -0.143. The molecule has 0 saturated heterocycles. The van der Waals surface area contributed by atoms with E-state index in [9.17, 15) is 4.79 Å². The fourth-order valence-electron chi connectivity index (χ4n) is 0.929. The van der Waals surface area contributed by atoms with Gasteiger partial charge in [-0.15, -0.1) is 0 Å². The first-order valence-electron chi connectivity index (χ1n) is 5.88. The Labute approximate surface area is 104 Å². The number of unbranched alkanes of at least 4 members (excludes halogenated alkanes) is 3. The van der Waals surface area contributed by atoms with Gasteiger partial charge in [-0.1, -0.05) is 61.3 Å². The van der Waals surface area contributed by atoms with Crippen molar-refractivity contribution in [3.63, 3.8) is 0 Å². The van der Waals surface area contributed by atoms with Crippen molar-refractivity contribution < 1.29 is 9.53 Å². The zero-order chi connectivity index (χ0) is 11.2. The summed E-state index contributed by atoms with van der Waals surface area (Å²) in [5, 5.41) is 0. The highest BCUT2D eigenvalue weighted by molar-refractivity contribution is 5.69. The van der Waals surface area contributed by atoms with E-state index in [1.54, 1.807) is 0 Å². The summed E-state index contributed by atoms with van der Waals surface area (Å²) in [4.78, 5) is 10.8. The third-order valence-corrected chi connectivity index (χ3v) is 1.54. The lowest BCUT2D eigenvalue weighted by atomic mass is 10.2. The van der Waals surface area contributed by atoms with Crippen molar-refractivity contribution in [3.05, 3.63) is 0 Å². The highest BCUT2D eigenvalue weighted by Crippen LogP contribution is 2.02. The minimum absolute atomic E-state index is 0. The summed E-state index contributed by atoms with van der Waals surface area (Å²) in [5.41, 5.74) is 0. The van der Waals surface area contributed by atoms with E-state index < -0.39 is 0 Å². The van der Waals surface area contributed by atoms with Gasteiger partial charge in [0.25, 0.3) is 0 Å². The molecule has 2 nitrogen and oxygen atoms in total. The fourth-order valence-corrected chi connectivity index (χ4v) is 0.929. The molecule has 0 aromatic heterocycles. The van der Waals surface area contributed by atoms with E-state index in [1.165, 1.54) is 19.3 Å². The van der Waals surface area contributed by atoms with Gasteiger partial charge in [-0.3, -0.25) is 4.79 Å². The van der Waals surface area contributed by atoms with Gasteiger partial charge in [0.05, 0.1) is 6.61 Å². The standard InChI is InChI=1S/C9H18O2.C3H8.2CH4/c1-3-5-6-7-8-9(10)11-4-2;1-3-2;;/h3-8H2,1-2H3;3H2,1-2H3;2*1H4. The van der Waals surface area contributed by atoms with Crippen LogP contribution in [0.4, 0.5) is 0 Å². The number of ether oxygens (including phenoxy) is 1. The molecule has 0 amide bonds. The molecule has 0 aliphatic heterocycles. The van der Waals surface area contributed by atoms with Crippen LogP contribution in [0.1, 0.15) is 81.1 Å². The lowest BCUT2D eigenvalue weighted by Gasteiger charge is -2.00. The third kappa shape index (κ3) is 29.2. The van der Waals surface area contributed by atoms with Crippen molar-refractivity contribution in [2.24, 2.45) is 0 Å². The minimum atomic E-state index is -0.0522. The molecule has 0 rings (SSSR count). The number of carbonyl (C=O) groups excluding carboxylic acids is 1. The number of hydrogen-bond acceptors (Lipinski definition) is 2. The molecule has 16 heavy (non-hydrogen) atoms. The van der Waals surface area contributed by atoms with E-state index in [2.05, 4.69) is 20.8 Å². The zero-order valence-corrected chi connectivity index (χ0v) is 10.3. The summed E-state index contributed by atoms with van der Waals surface area (Å²) in [6, 6.07) is 0. The number of hydrogen-bond donors (Lipinski definition) is 0. The number of rotatable bonds is 6. The van der Waals surface area contributed by atoms with Crippen LogP contribution in [0.25, 0.3) is 0 Å². The normalized spacial score (nSPS) is 7.75. The molecule has 2 heteroatoms. The summed E-state index contributed by atoms with van der Waals surface area (Å²) < 4.78 is 4.78. The molecule has 0 radical (unpaired) electrons. The van der Waals surface area contributed by atoms with E-state index in [4.69, 9.17) is 4.74 Å². The number of esters is 1. The maximum atomic E-state index is 10.8. The van der Waals surface area contributed by atoms with Crippen LogP contribution in [0.3, 0.4) is 0 Å². The Morgan fingerprint density at radius 2 is 1.44 bits per heavy atom. The summed E-state index contributed by atoms with van der Waals surface area (Å²) in [6.07, 6.45) is 6.40. The van der Waals surface area contributed by atoms with Crippen molar-refractivity contribution in [1.29, 1.82) is 0 Å². The van der Waals surface area contributed by atoms with Gasteiger partial charge >= 0.3 is 5.97 Å². The summed E-state index contributed by atoms with van der Waals surface area (Å²) >= 11 is 0. The van der Waals surface area contributed by atoms with Crippen LogP contribution < -0.4 is 0 Å². The molecule has 0 aromatic rings. The Hall–Kier alpha value is -0.530. The molecule has 0 aliphatic carbocycles. The SMILES string of the molecule is C.C.CCC.CCCCCCC(=O)OCC. The van der Waals surface area contributed by atoms with E-state index in [-0.39, 0.29) is 20.8 Å². The monoisotopic (exact) mass is 234 g/mol. The van der Waals surface area contributed by atoms with Crippen LogP contribution in [0, 0.1) is 0 Å². The van der Waals surface area contributed by atoms with Gasteiger partial charge in [0.15, 0.2) is 0 Å². The van der Waals surface area contributed by atoms with Gasteiger partial charge in [0.1, 0.15) is 0 Å². The van der Waals surface area contributed by atoms with Gasteiger partial charge in [0, 0.05) is 6.42 Å². The van der Waals surface area contributed by atoms with Crippen LogP contribution in [0.2, 0.25) is 0 Å². The van der Waals surface area contributed by atoms with Crippen LogP contribution >= 0.6 is 0 Å². The fraction of sp³-hybridized carbons (Fsp3) is 0.929. The Morgan fingerprint density at radius 3 is 1.81 bits per heavy atom. The lowest BCUT2D eigenvalue weighted by Crippen LogP contribution is -2.02. The first-order chi connectivity index (χ1) is 6.72. The molecule has 0 bridgehead atoms. The second kappa shape index (κ2) is 24.0. The van der Waals surface area contributed by atoms with Crippen molar-refractivity contribution in [1.82, 2.24) is 0 Å². The zero-order valence-electron chi connectivity index (χ0n) is 10.3. The second-order valence-electron chi connectivity index (χ2n) is 3.32. The first kappa shape index (κ1) is 24.6. The Bertz CT molecular complexity index is 111. The molecule has 0 atom stereocenters. The molecule has 0 saturated carbocycles. The predicted octanol–water partition coefficient (Wildman–Crippen LogP) is 5.21. The van der Waals surface area contributed by atoms with Gasteiger partial charge in [-0.05, 0) is 13.3 Å². The van der Waals surface area contributed by atoms with E-state index in [1.807, 2.05) is 6.92 Å². The molecule has 0 aromatic carbocycles. The topological polar surface area (TPSA) is 26.3 Å². The predicted molar refractivity (Wildman–Crippen MR) is 74.8 cm³/mol. The van der Waals surface area contributed by atoms with Gasteiger partial charge in [-0.2, -0.15) is 0 Å². The highest BCUT2D eigenvalue weighted by Gasteiger charge is 1.99. The largest absolute Gasteiger partial charge is 0.466 e. The smallest absolute Gasteiger partial charge is 0.305 e. The summed E-state index contributed by atoms with van der Waals surface area (Å²) in [7, 11) is 0. The van der Waals surface area contributed by atoms with E-state index in [0.29, 0.717) is 13.0 Å². The van der Waals surface area contributed by atoms with Crippen molar-refractivity contribution in [3.8, 4) is 0 Å². The molecular formula is C14H34O2. The summed E-state index contributed by atoms with van der Waals surface area (Å²) in [5.74, 6) is -0.0522. The highest BCUT2D eigenvalue weighted by atomic mass is 16.5. The Morgan fingerprint density at radius 1 is 0.938 bits per heavy atom. The van der Waals surface area contributed by atoms with Crippen molar-refractivity contribution >= 4 is 5.97 Å². The number of carbonyl (C=O) groups is 1. The van der Waals surface area contributed by atoms with Gasteiger partial charge in [-0.25, -0.2) is 0 Å². The van der Waals surface area contributed by atoms with Gasteiger partial charge in [0.2, 0.25) is 0 Å². The van der Waals surface area contributed by atoms with Crippen LogP contribution in [-0.4, -0.2) is 12.6 Å². The van der Waals surface area contributed by atoms with Crippen LogP contribution in [0.5, 0.6) is 0 Å². The molecular weight excluding hydrogens is 200 g/mol. The Kier molecular flexibility index (Phi) is 36.9. The molecule has 0 spiro atoms. The average molecular weight is 234 g/mol. The van der Waals surface area contributed by atoms with Gasteiger partial charge < -0.3 is 4.74 Å². The van der Waals surface area contributed by atoms with Crippen LogP contribution in [-0.2, 0) is 9.53 Å². The molecule has 0 fully saturated rings. The molecule has 0 aliphatic rings. The summed E-state index contributed by atoms with van der Waals surface area (Å²) in [6.45, 7) is 8.75. The van der Waals surface area contributed by atoms with E-state index in [0.717, 1.165) is 12.8 Å².